The number of alkyl halides is 3. The summed E-state index contributed by atoms with van der Waals surface area (Å²) in [4.78, 5) is 12.8. The van der Waals surface area contributed by atoms with Crippen molar-refractivity contribution < 1.29 is 22.7 Å². The summed E-state index contributed by atoms with van der Waals surface area (Å²) in [6, 6.07) is -0.0301. The topological polar surface area (TPSA) is 38.3 Å². The van der Waals surface area contributed by atoms with Crippen molar-refractivity contribution in [3.05, 3.63) is 0 Å². The minimum atomic E-state index is -4.14. The van der Waals surface area contributed by atoms with Crippen molar-refractivity contribution >= 4 is 5.97 Å². The first-order valence-corrected chi connectivity index (χ1v) is 10.8. The lowest BCUT2D eigenvalue weighted by molar-refractivity contribution is -0.172. The van der Waals surface area contributed by atoms with E-state index in [4.69, 9.17) is 4.74 Å². The van der Waals surface area contributed by atoms with Gasteiger partial charge in [0.15, 0.2) is 0 Å². The highest BCUT2D eigenvalue weighted by atomic mass is 19.4. The second kappa shape index (κ2) is 7.57. The van der Waals surface area contributed by atoms with E-state index in [0.717, 1.165) is 69.1 Å². The Labute approximate surface area is 159 Å². The molecule has 0 aromatic heterocycles. The van der Waals surface area contributed by atoms with Crippen LogP contribution in [0, 0.1) is 29.1 Å². The quantitative estimate of drug-likeness (QED) is 0.663. The molecule has 0 aromatic rings. The summed E-state index contributed by atoms with van der Waals surface area (Å²) in [5, 5.41) is 2.62. The Bertz CT molecular complexity index is 505. The minimum absolute atomic E-state index is 0.0301. The number of carbonyl (C=O) groups excluding carboxylic acids is 1. The molecule has 5 fully saturated rings. The standard InChI is InChI=1S/C21H32F3NO2/c22-21(23,24)13-25-18-3-1-14(2-4-18)5-6-27-19(26)20-10-15-7-16(11-20)9-17(8-15)12-20/h14-18,25H,1-13H2. The van der Waals surface area contributed by atoms with Gasteiger partial charge in [0.05, 0.1) is 18.6 Å². The average molecular weight is 387 g/mol. The van der Waals surface area contributed by atoms with Crippen LogP contribution in [0.1, 0.15) is 70.6 Å². The van der Waals surface area contributed by atoms with Crippen LogP contribution in [0.4, 0.5) is 13.2 Å². The Kier molecular flexibility index (Phi) is 5.47. The Balaban J connectivity index is 1.16. The fourth-order valence-corrected chi connectivity index (χ4v) is 6.75. The van der Waals surface area contributed by atoms with Gasteiger partial charge in [0.25, 0.3) is 0 Å². The molecule has 0 aromatic carbocycles. The van der Waals surface area contributed by atoms with Crippen molar-refractivity contribution in [3.63, 3.8) is 0 Å². The summed E-state index contributed by atoms with van der Waals surface area (Å²) in [6.07, 6.45) is 7.18. The summed E-state index contributed by atoms with van der Waals surface area (Å²) in [6.45, 7) is -0.420. The van der Waals surface area contributed by atoms with E-state index < -0.39 is 12.7 Å². The zero-order chi connectivity index (χ0) is 19.1. The molecule has 5 saturated carbocycles. The van der Waals surface area contributed by atoms with Gasteiger partial charge in [-0.25, -0.2) is 0 Å². The van der Waals surface area contributed by atoms with Crippen LogP contribution < -0.4 is 5.32 Å². The molecule has 0 unspecified atom stereocenters. The van der Waals surface area contributed by atoms with Gasteiger partial charge in [0, 0.05) is 6.04 Å². The second-order valence-corrected chi connectivity index (χ2v) is 9.84. The van der Waals surface area contributed by atoms with Crippen molar-refractivity contribution in [3.8, 4) is 0 Å². The van der Waals surface area contributed by atoms with Gasteiger partial charge in [-0.05, 0) is 94.3 Å². The lowest BCUT2D eigenvalue weighted by atomic mass is 9.49. The third-order valence-corrected chi connectivity index (χ3v) is 7.67. The molecule has 3 nitrogen and oxygen atoms in total. The summed E-state index contributed by atoms with van der Waals surface area (Å²) in [5.74, 6) is 2.73. The molecule has 5 aliphatic carbocycles. The van der Waals surface area contributed by atoms with Crippen LogP contribution in [0.2, 0.25) is 0 Å². The van der Waals surface area contributed by atoms with Gasteiger partial charge in [-0.1, -0.05) is 0 Å². The number of hydrogen-bond donors (Lipinski definition) is 1. The van der Waals surface area contributed by atoms with Gasteiger partial charge in [-0.3, -0.25) is 4.79 Å². The molecular formula is C21H32F3NO2. The number of nitrogens with one attached hydrogen (secondary N) is 1. The number of rotatable bonds is 6. The van der Waals surface area contributed by atoms with E-state index in [0.29, 0.717) is 12.5 Å². The molecule has 0 aliphatic heterocycles. The minimum Gasteiger partial charge on any atom is -0.465 e. The first-order chi connectivity index (χ1) is 12.8. The third-order valence-electron chi connectivity index (χ3n) is 7.67. The molecule has 1 N–H and O–H groups in total. The fraction of sp³-hybridized carbons (Fsp3) is 0.952. The Hall–Kier alpha value is -0.780. The normalized spacial score (nSPS) is 40.9. The highest BCUT2D eigenvalue weighted by molar-refractivity contribution is 5.77. The maximum atomic E-state index is 12.8. The van der Waals surface area contributed by atoms with Crippen molar-refractivity contribution in [2.45, 2.75) is 82.8 Å². The van der Waals surface area contributed by atoms with Gasteiger partial charge in [0.1, 0.15) is 0 Å². The van der Waals surface area contributed by atoms with E-state index in [1.807, 2.05) is 0 Å². The van der Waals surface area contributed by atoms with Gasteiger partial charge in [-0.15, -0.1) is 0 Å². The molecule has 6 heteroatoms. The fourth-order valence-electron chi connectivity index (χ4n) is 6.75. The van der Waals surface area contributed by atoms with Gasteiger partial charge in [0.2, 0.25) is 0 Å². The molecule has 0 amide bonds. The van der Waals surface area contributed by atoms with Crippen molar-refractivity contribution in [1.82, 2.24) is 5.32 Å². The molecule has 0 atom stereocenters. The summed E-state index contributed by atoms with van der Waals surface area (Å²) < 4.78 is 42.6. The van der Waals surface area contributed by atoms with E-state index in [9.17, 15) is 18.0 Å². The van der Waals surface area contributed by atoms with Gasteiger partial charge >= 0.3 is 12.1 Å². The molecule has 4 bridgehead atoms. The number of esters is 1. The zero-order valence-electron chi connectivity index (χ0n) is 16.0. The third kappa shape index (κ3) is 4.63. The number of ether oxygens (including phenoxy) is 1. The van der Waals surface area contributed by atoms with Crippen LogP contribution in [0.15, 0.2) is 0 Å². The summed E-state index contributed by atoms with van der Waals surface area (Å²) >= 11 is 0. The summed E-state index contributed by atoms with van der Waals surface area (Å²) in [7, 11) is 0. The van der Waals surface area contributed by atoms with E-state index in [-0.39, 0.29) is 17.4 Å². The van der Waals surface area contributed by atoms with Crippen molar-refractivity contribution in [1.29, 1.82) is 0 Å². The first kappa shape index (κ1) is 19.5. The first-order valence-electron chi connectivity index (χ1n) is 10.8. The largest absolute Gasteiger partial charge is 0.465 e. The lowest BCUT2D eigenvalue weighted by Gasteiger charge is -2.55. The van der Waals surface area contributed by atoms with E-state index in [1.165, 1.54) is 19.3 Å². The molecule has 0 heterocycles. The molecule has 5 aliphatic rings. The summed E-state index contributed by atoms with van der Waals surface area (Å²) in [5.41, 5.74) is -0.187. The van der Waals surface area contributed by atoms with Crippen LogP contribution >= 0.6 is 0 Å². The Morgan fingerprint density at radius 2 is 1.52 bits per heavy atom. The van der Waals surface area contributed by atoms with E-state index in [2.05, 4.69) is 5.32 Å². The van der Waals surface area contributed by atoms with Crippen LogP contribution in [0.3, 0.4) is 0 Å². The zero-order valence-corrected chi connectivity index (χ0v) is 16.0. The smallest absolute Gasteiger partial charge is 0.401 e. The highest BCUT2D eigenvalue weighted by Gasteiger charge is 2.55. The van der Waals surface area contributed by atoms with Crippen LogP contribution in [0.5, 0.6) is 0 Å². The SMILES string of the molecule is O=C(OCCC1CCC(NCC(F)(F)F)CC1)C12CC3CC(CC(C3)C1)C2. The molecule has 0 saturated heterocycles. The van der Waals surface area contributed by atoms with Crippen LogP contribution in [0.25, 0.3) is 0 Å². The monoisotopic (exact) mass is 387 g/mol. The highest BCUT2D eigenvalue weighted by Crippen LogP contribution is 2.60. The number of hydrogen-bond acceptors (Lipinski definition) is 3. The molecule has 0 radical (unpaired) electrons. The van der Waals surface area contributed by atoms with Crippen LogP contribution in [-0.4, -0.2) is 31.3 Å². The average Bonchev–Trinajstić information content (AvgIpc) is 2.59. The van der Waals surface area contributed by atoms with Gasteiger partial charge in [-0.2, -0.15) is 13.2 Å². The van der Waals surface area contributed by atoms with Crippen molar-refractivity contribution in [2.24, 2.45) is 29.1 Å². The second-order valence-electron chi connectivity index (χ2n) is 9.84. The molecule has 5 rings (SSSR count). The molecule has 154 valence electrons. The lowest BCUT2D eigenvalue weighted by Crippen LogP contribution is -2.50. The van der Waals surface area contributed by atoms with Crippen molar-refractivity contribution in [2.75, 3.05) is 13.2 Å². The maximum Gasteiger partial charge on any atom is 0.401 e. The Morgan fingerprint density at radius 3 is 2.04 bits per heavy atom. The molecule has 0 spiro atoms. The van der Waals surface area contributed by atoms with E-state index in [1.54, 1.807) is 0 Å². The molecule has 27 heavy (non-hydrogen) atoms. The Morgan fingerprint density at radius 1 is 0.963 bits per heavy atom. The number of carbonyl (C=O) groups is 1. The predicted molar refractivity (Wildman–Crippen MR) is 96.0 cm³/mol. The van der Waals surface area contributed by atoms with Crippen LogP contribution in [-0.2, 0) is 9.53 Å². The molecular weight excluding hydrogens is 355 g/mol. The van der Waals surface area contributed by atoms with E-state index >= 15 is 0 Å². The number of halogens is 3. The maximum absolute atomic E-state index is 12.8. The predicted octanol–water partition coefficient (Wildman–Crippen LogP) is 4.85. The van der Waals surface area contributed by atoms with Gasteiger partial charge < -0.3 is 10.1 Å².